The third kappa shape index (κ3) is 5.12. The lowest BCUT2D eigenvalue weighted by Crippen LogP contribution is -2.14. The molecule has 9 nitrogen and oxygen atoms in total. The molecule has 3 aromatic carbocycles. The molecule has 0 aromatic heterocycles. The molecule has 0 radical (unpaired) electrons. The molecular weight excluding hydrogens is 462 g/mol. The summed E-state index contributed by atoms with van der Waals surface area (Å²) < 4.78 is 49.7. The van der Waals surface area contributed by atoms with Gasteiger partial charge < -0.3 is 29.2 Å². The van der Waals surface area contributed by atoms with Crippen LogP contribution in [0.1, 0.15) is 11.1 Å². The Hall–Kier alpha value is -4.05. The first-order valence-electron chi connectivity index (χ1n) is 9.94. The molecule has 10 heteroatoms. The maximum Gasteiger partial charge on any atom is 0.262 e. The number of methoxy groups -OCH3 is 4. The van der Waals surface area contributed by atoms with E-state index in [1.807, 2.05) is 0 Å². The normalized spacial score (nSPS) is 11.3. The number of nitrogens with one attached hydrogen (secondary N) is 1. The molecule has 0 fully saturated rings. The maximum atomic E-state index is 13.0. The van der Waals surface area contributed by atoms with E-state index in [0.717, 1.165) is 0 Å². The molecule has 0 atom stereocenters. The first-order valence-corrected chi connectivity index (χ1v) is 11.4. The summed E-state index contributed by atoms with van der Waals surface area (Å²) in [6.07, 6.45) is 3.37. The average molecular weight is 488 g/mol. The van der Waals surface area contributed by atoms with E-state index in [2.05, 4.69) is 4.72 Å². The maximum absolute atomic E-state index is 13.0. The van der Waals surface area contributed by atoms with Crippen molar-refractivity contribution in [2.75, 3.05) is 33.2 Å². The van der Waals surface area contributed by atoms with Gasteiger partial charge in [-0.25, -0.2) is 8.42 Å². The first-order chi connectivity index (χ1) is 16.2. The molecule has 0 spiro atoms. The van der Waals surface area contributed by atoms with Crippen molar-refractivity contribution in [3.63, 3.8) is 0 Å². The highest BCUT2D eigenvalue weighted by Crippen LogP contribution is 2.41. The van der Waals surface area contributed by atoms with Crippen molar-refractivity contribution in [1.82, 2.24) is 0 Å². The van der Waals surface area contributed by atoms with E-state index in [1.54, 1.807) is 30.4 Å². The number of ether oxygens (including phenoxy) is 4. The lowest BCUT2D eigenvalue weighted by atomic mass is 10.1. The Morgan fingerprint density at radius 3 is 1.88 bits per heavy atom. The van der Waals surface area contributed by atoms with Crippen LogP contribution in [0.3, 0.4) is 0 Å². The highest BCUT2D eigenvalue weighted by Gasteiger charge is 2.21. The smallest absolute Gasteiger partial charge is 0.262 e. The van der Waals surface area contributed by atoms with Crippen LogP contribution in [0.4, 0.5) is 5.69 Å². The fourth-order valence-corrected chi connectivity index (χ4v) is 4.33. The molecule has 0 unspecified atom stereocenters. The topological polar surface area (TPSA) is 124 Å². The van der Waals surface area contributed by atoms with Crippen LogP contribution in [0.2, 0.25) is 0 Å². The Morgan fingerprint density at radius 2 is 1.35 bits per heavy atom. The fraction of sp³-hybridized carbons (Fsp3) is 0.167. The minimum atomic E-state index is -4.06. The lowest BCUT2D eigenvalue weighted by molar-refractivity contribution is 0.324. The number of phenols is 2. The molecule has 0 aliphatic heterocycles. The van der Waals surface area contributed by atoms with Gasteiger partial charge in [0.1, 0.15) is 11.4 Å². The number of hydrogen-bond acceptors (Lipinski definition) is 8. The van der Waals surface area contributed by atoms with Crippen LogP contribution in [0.15, 0.2) is 53.4 Å². The van der Waals surface area contributed by atoms with Crippen molar-refractivity contribution < 1.29 is 37.6 Å². The molecule has 3 rings (SSSR count). The van der Waals surface area contributed by atoms with E-state index in [4.69, 9.17) is 18.9 Å². The Labute approximate surface area is 197 Å². The summed E-state index contributed by atoms with van der Waals surface area (Å²) in [4.78, 5) is -0.0738. The predicted molar refractivity (Wildman–Crippen MR) is 129 cm³/mol. The van der Waals surface area contributed by atoms with Gasteiger partial charge in [-0.15, -0.1) is 0 Å². The van der Waals surface area contributed by atoms with Crippen molar-refractivity contribution in [2.45, 2.75) is 4.90 Å². The molecule has 34 heavy (non-hydrogen) atoms. The zero-order chi connectivity index (χ0) is 24.9. The van der Waals surface area contributed by atoms with E-state index in [-0.39, 0.29) is 27.8 Å². The molecule has 0 bridgehead atoms. The van der Waals surface area contributed by atoms with Crippen LogP contribution in [0, 0.1) is 0 Å². The monoisotopic (exact) mass is 487 g/mol. The van der Waals surface area contributed by atoms with E-state index in [1.165, 1.54) is 58.8 Å². The predicted octanol–water partition coefficient (Wildman–Crippen LogP) is 4.10. The zero-order valence-corrected chi connectivity index (χ0v) is 19.8. The van der Waals surface area contributed by atoms with Crippen molar-refractivity contribution in [2.24, 2.45) is 0 Å². The van der Waals surface area contributed by atoms with E-state index in [9.17, 15) is 18.6 Å². The average Bonchev–Trinajstić information content (AvgIpc) is 2.83. The molecule has 180 valence electrons. The summed E-state index contributed by atoms with van der Waals surface area (Å²) in [5.41, 5.74) is 1.15. The molecule has 0 aliphatic carbocycles. The second-order valence-electron chi connectivity index (χ2n) is 6.97. The standard InChI is InChI=1S/C24H25NO8S/c1-30-20-13-15(14-21(31-2)24(20)33-4)5-6-16-7-12-19(27)23(32-3)22(16)25-34(28,29)18-10-8-17(26)9-11-18/h5-14,25-27H,1-4H3/b6-5-. The quantitative estimate of drug-likeness (QED) is 0.386. The number of sulfonamides is 1. The number of aromatic hydroxyl groups is 2. The van der Waals surface area contributed by atoms with E-state index < -0.39 is 10.0 Å². The van der Waals surface area contributed by atoms with Crippen LogP contribution in [0.5, 0.6) is 34.5 Å². The van der Waals surface area contributed by atoms with Crippen molar-refractivity contribution in [3.8, 4) is 34.5 Å². The van der Waals surface area contributed by atoms with Gasteiger partial charge >= 0.3 is 0 Å². The lowest BCUT2D eigenvalue weighted by Gasteiger charge is -2.16. The molecule has 0 aliphatic rings. The molecule has 3 aromatic rings. The minimum Gasteiger partial charge on any atom is -0.508 e. The van der Waals surface area contributed by atoms with Crippen LogP contribution >= 0.6 is 0 Å². The summed E-state index contributed by atoms with van der Waals surface area (Å²) >= 11 is 0. The molecule has 0 heterocycles. The van der Waals surface area contributed by atoms with Crippen LogP contribution in [-0.2, 0) is 10.0 Å². The number of hydrogen-bond donors (Lipinski definition) is 3. The Morgan fingerprint density at radius 1 is 0.765 bits per heavy atom. The Balaban J connectivity index is 2.07. The Bertz CT molecular complexity index is 1280. The van der Waals surface area contributed by atoms with E-state index in [0.29, 0.717) is 28.4 Å². The van der Waals surface area contributed by atoms with Gasteiger partial charge in [0.25, 0.3) is 10.0 Å². The summed E-state index contributed by atoms with van der Waals surface area (Å²) in [6, 6.07) is 11.5. The third-order valence-corrected chi connectivity index (χ3v) is 6.26. The highest BCUT2D eigenvalue weighted by atomic mass is 32.2. The zero-order valence-electron chi connectivity index (χ0n) is 19.0. The van der Waals surface area contributed by atoms with Crippen molar-refractivity contribution >= 4 is 27.9 Å². The summed E-state index contributed by atoms with van der Waals surface area (Å²) in [6.45, 7) is 0. The van der Waals surface area contributed by atoms with Gasteiger partial charge in [0.2, 0.25) is 5.75 Å². The molecule has 0 saturated carbocycles. The van der Waals surface area contributed by atoms with Crippen LogP contribution in [0.25, 0.3) is 12.2 Å². The van der Waals surface area contributed by atoms with Gasteiger partial charge in [-0.3, -0.25) is 4.72 Å². The highest BCUT2D eigenvalue weighted by molar-refractivity contribution is 7.92. The summed E-state index contributed by atoms with van der Waals surface area (Å²) in [7, 11) is 1.78. The number of benzene rings is 3. The summed E-state index contributed by atoms with van der Waals surface area (Å²) in [5, 5.41) is 19.7. The van der Waals surface area contributed by atoms with Crippen LogP contribution in [-0.4, -0.2) is 47.1 Å². The second-order valence-corrected chi connectivity index (χ2v) is 8.66. The van der Waals surface area contributed by atoms with E-state index >= 15 is 0 Å². The number of phenolic OH excluding ortho intramolecular Hbond substituents is 2. The van der Waals surface area contributed by atoms with Gasteiger partial charge in [0.05, 0.1) is 33.3 Å². The van der Waals surface area contributed by atoms with Crippen molar-refractivity contribution in [1.29, 1.82) is 0 Å². The largest absolute Gasteiger partial charge is 0.508 e. The van der Waals surface area contributed by atoms with Gasteiger partial charge in [-0.1, -0.05) is 12.2 Å². The van der Waals surface area contributed by atoms with Gasteiger partial charge in [-0.05, 0) is 54.1 Å². The molecule has 3 N–H and O–H groups in total. The minimum absolute atomic E-state index is 0.0410. The molecular formula is C24H25NO8S. The third-order valence-electron chi connectivity index (χ3n) is 4.90. The molecule has 0 saturated heterocycles. The van der Waals surface area contributed by atoms with Crippen molar-refractivity contribution in [3.05, 3.63) is 59.7 Å². The fourth-order valence-electron chi connectivity index (χ4n) is 3.24. The molecule has 0 amide bonds. The summed E-state index contributed by atoms with van der Waals surface area (Å²) in [5.74, 6) is 1.000. The SMILES string of the molecule is COc1cc(/C=C\c2ccc(O)c(OC)c2NS(=O)(=O)c2ccc(O)cc2)cc(OC)c1OC. The van der Waals surface area contributed by atoms with Gasteiger partial charge in [-0.2, -0.15) is 0 Å². The Kier molecular flexibility index (Phi) is 7.42. The van der Waals surface area contributed by atoms with Gasteiger partial charge in [0.15, 0.2) is 23.0 Å². The number of anilines is 1. The number of rotatable bonds is 9. The first kappa shape index (κ1) is 24.6. The van der Waals surface area contributed by atoms with Gasteiger partial charge in [0, 0.05) is 5.56 Å². The second kappa shape index (κ2) is 10.3. The van der Waals surface area contributed by atoms with Crippen LogP contribution < -0.4 is 23.7 Å².